The maximum Gasteiger partial charge on any atom is 0.270 e. The van der Waals surface area contributed by atoms with Gasteiger partial charge in [0.2, 0.25) is 5.95 Å². The first-order chi connectivity index (χ1) is 13.5. The zero-order valence-corrected chi connectivity index (χ0v) is 16.3. The lowest BCUT2D eigenvalue weighted by Gasteiger charge is -2.15. The number of methoxy groups -OCH3 is 1. The Labute approximate surface area is 165 Å². The Morgan fingerprint density at radius 3 is 2.46 bits per heavy atom. The summed E-state index contributed by atoms with van der Waals surface area (Å²) in [4.78, 5) is 21.3. The molecular weight excluding hydrogens is 352 g/mol. The third-order valence-electron chi connectivity index (χ3n) is 4.34. The number of carbonyl (C=O) groups is 1. The van der Waals surface area contributed by atoms with Gasteiger partial charge in [0.15, 0.2) is 0 Å². The van der Waals surface area contributed by atoms with E-state index in [0.717, 1.165) is 22.6 Å². The molecule has 0 saturated carbocycles. The van der Waals surface area contributed by atoms with Crippen molar-refractivity contribution >= 4 is 11.9 Å². The molecular formula is C22H24N4O2. The molecule has 28 heavy (non-hydrogen) atoms. The molecule has 3 rings (SSSR count). The number of aromatic nitrogens is 2. The van der Waals surface area contributed by atoms with Crippen LogP contribution in [0.2, 0.25) is 0 Å². The van der Waals surface area contributed by atoms with Gasteiger partial charge >= 0.3 is 0 Å². The van der Waals surface area contributed by atoms with Crippen molar-refractivity contribution in [3.05, 3.63) is 83.2 Å². The normalized spacial score (nSPS) is 11.5. The highest BCUT2D eigenvalue weighted by atomic mass is 16.5. The molecule has 1 aromatic heterocycles. The third kappa shape index (κ3) is 5.07. The van der Waals surface area contributed by atoms with Crippen LogP contribution in [0, 0.1) is 6.92 Å². The van der Waals surface area contributed by atoms with Crippen LogP contribution in [-0.4, -0.2) is 23.0 Å². The molecule has 2 aromatic carbocycles. The summed E-state index contributed by atoms with van der Waals surface area (Å²) >= 11 is 0. The van der Waals surface area contributed by atoms with Crippen molar-refractivity contribution in [1.29, 1.82) is 0 Å². The first-order valence-electron chi connectivity index (χ1n) is 9.13. The summed E-state index contributed by atoms with van der Waals surface area (Å²) in [5.41, 5.74) is 3.17. The minimum atomic E-state index is -0.239. The Hall–Kier alpha value is -3.41. The number of benzene rings is 2. The van der Waals surface area contributed by atoms with Crippen LogP contribution in [0.1, 0.15) is 40.3 Å². The first-order valence-corrected chi connectivity index (χ1v) is 9.13. The second-order valence-electron chi connectivity index (χ2n) is 6.53. The van der Waals surface area contributed by atoms with E-state index in [1.165, 1.54) is 0 Å². The molecule has 0 radical (unpaired) electrons. The predicted octanol–water partition coefficient (Wildman–Crippen LogP) is 3.90. The van der Waals surface area contributed by atoms with E-state index < -0.39 is 0 Å². The summed E-state index contributed by atoms with van der Waals surface area (Å²) < 4.78 is 5.14. The average Bonchev–Trinajstić information content (AvgIpc) is 2.72. The van der Waals surface area contributed by atoms with Gasteiger partial charge in [-0.25, -0.2) is 9.97 Å². The zero-order valence-electron chi connectivity index (χ0n) is 16.3. The van der Waals surface area contributed by atoms with Gasteiger partial charge in [-0.3, -0.25) is 4.79 Å². The van der Waals surface area contributed by atoms with Crippen molar-refractivity contribution in [3.8, 4) is 5.75 Å². The van der Waals surface area contributed by atoms with Gasteiger partial charge in [0.05, 0.1) is 13.2 Å². The smallest absolute Gasteiger partial charge is 0.270 e. The molecule has 0 spiro atoms. The van der Waals surface area contributed by atoms with Crippen LogP contribution in [0.5, 0.6) is 5.75 Å². The molecule has 144 valence electrons. The predicted molar refractivity (Wildman–Crippen MR) is 109 cm³/mol. The third-order valence-corrected chi connectivity index (χ3v) is 4.34. The summed E-state index contributed by atoms with van der Waals surface area (Å²) in [6.07, 6.45) is 0. The highest BCUT2D eigenvalue weighted by Gasteiger charge is 2.13. The summed E-state index contributed by atoms with van der Waals surface area (Å²) in [7, 11) is 1.62. The van der Waals surface area contributed by atoms with Crippen molar-refractivity contribution in [3.63, 3.8) is 0 Å². The highest BCUT2D eigenvalue weighted by molar-refractivity contribution is 5.92. The van der Waals surface area contributed by atoms with Crippen molar-refractivity contribution < 1.29 is 9.53 Å². The molecule has 6 nitrogen and oxygen atoms in total. The molecule has 0 saturated heterocycles. The fraction of sp³-hybridized carbons (Fsp3) is 0.227. The van der Waals surface area contributed by atoms with Crippen LogP contribution in [0.25, 0.3) is 0 Å². The Morgan fingerprint density at radius 2 is 1.79 bits per heavy atom. The second-order valence-corrected chi connectivity index (χ2v) is 6.53. The largest absolute Gasteiger partial charge is 0.497 e. The Morgan fingerprint density at radius 1 is 1.07 bits per heavy atom. The monoisotopic (exact) mass is 376 g/mol. The van der Waals surface area contributed by atoms with Gasteiger partial charge in [-0.15, -0.1) is 0 Å². The maximum absolute atomic E-state index is 12.5. The van der Waals surface area contributed by atoms with Crippen LogP contribution in [-0.2, 0) is 6.54 Å². The number of nitrogens with one attached hydrogen (secondary N) is 2. The van der Waals surface area contributed by atoms with Gasteiger partial charge in [-0.1, -0.05) is 42.5 Å². The van der Waals surface area contributed by atoms with E-state index in [-0.39, 0.29) is 11.9 Å². The van der Waals surface area contributed by atoms with Crippen LogP contribution in [0.15, 0.2) is 60.7 Å². The maximum atomic E-state index is 12.5. The van der Waals surface area contributed by atoms with Crippen LogP contribution in [0.4, 0.5) is 5.95 Å². The molecule has 0 aliphatic carbocycles. The van der Waals surface area contributed by atoms with E-state index in [1.54, 1.807) is 13.2 Å². The quantitative estimate of drug-likeness (QED) is 0.654. The van der Waals surface area contributed by atoms with Gasteiger partial charge in [0.25, 0.3) is 5.91 Å². The van der Waals surface area contributed by atoms with Crippen LogP contribution in [0.3, 0.4) is 0 Å². The molecule has 1 heterocycles. The molecule has 0 aliphatic rings. The fourth-order valence-corrected chi connectivity index (χ4v) is 2.78. The summed E-state index contributed by atoms with van der Waals surface area (Å²) in [5.74, 6) is 0.979. The molecule has 0 aliphatic heterocycles. The van der Waals surface area contributed by atoms with Crippen molar-refractivity contribution in [2.75, 3.05) is 12.4 Å². The molecule has 0 fully saturated rings. The summed E-state index contributed by atoms with van der Waals surface area (Å²) in [5, 5.41) is 6.16. The van der Waals surface area contributed by atoms with Gasteiger partial charge in [0.1, 0.15) is 11.4 Å². The fourth-order valence-electron chi connectivity index (χ4n) is 2.78. The second kappa shape index (κ2) is 8.99. The standard InChI is InChI=1S/C22H24N4O2/c1-15-13-20(21(27)23-14-17-9-11-19(28-3)12-10-17)26-22(24-15)25-16(2)18-7-5-4-6-8-18/h4-13,16H,14H2,1-3H3,(H,23,27)(H,24,25,26). The number of nitrogens with zero attached hydrogens (tertiary/aromatic N) is 2. The molecule has 6 heteroatoms. The lowest BCUT2D eigenvalue weighted by atomic mass is 10.1. The minimum Gasteiger partial charge on any atom is -0.497 e. The Kier molecular flexibility index (Phi) is 6.22. The summed E-state index contributed by atoms with van der Waals surface area (Å²) in [6, 6.07) is 19.3. The SMILES string of the molecule is COc1ccc(CNC(=O)c2cc(C)nc(NC(C)c3ccccc3)n2)cc1. The molecule has 0 bridgehead atoms. The number of amides is 1. The van der Waals surface area contributed by atoms with Crippen molar-refractivity contribution in [1.82, 2.24) is 15.3 Å². The number of hydrogen-bond donors (Lipinski definition) is 2. The van der Waals surface area contributed by atoms with E-state index in [0.29, 0.717) is 18.2 Å². The van der Waals surface area contributed by atoms with Crippen molar-refractivity contribution in [2.24, 2.45) is 0 Å². The number of carbonyl (C=O) groups excluding carboxylic acids is 1. The van der Waals surface area contributed by atoms with Gasteiger partial charge in [-0.05, 0) is 43.2 Å². The number of anilines is 1. The minimum absolute atomic E-state index is 0.0261. The van der Waals surface area contributed by atoms with E-state index >= 15 is 0 Å². The number of hydrogen-bond acceptors (Lipinski definition) is 5. The van der Waals surface area contributed by atoms with E-state index in [4.69, 9.17) is 4.74 Å². The lowest BCUT2D eigenvalue weighted by molar-refractivity contribution is 0.0945. The Balaban J connectivity index is 1.66. The Bertz CT molecular complexity index is 927. The van der Waals surface area contributed by atoms with E-state index in [1.807, 2.05) is 68.4 Å². The number of rotatable bonds is 7. The molecule has 1 amide bonds. The lowest BCUT2D eigenvalue weighted by Crippen LogP contribution is -2.24. The summed E-state index contributed by atoms with van der Waals surface area (Å²) in [6.45, 7) is 4.29. The van der Waals surface area contributed by atoms with Crippen molar-refractivity contribution in [2.45, 2.75) is 26.4 Å². The van der Waals surface area contributed by atoms with E-state index in [9.17, 15) is 4.79 Å². The van der Waals surface area contributed by atoms with Crippen LogP contribution >= 0.6 is 0 Å². The number of ether oxygens (including phenoxy) is 1. The number of aryl methyl sites for hydroxylation is 1. The average molecular weight is 376 g/mol. The topological polar surface area (TPSA) is 76.1 Å². The molecule has 1 unspecified atom stereocenters. The highest BCUT2D eigenvalue weighted by Crippen LogP contribution is 2.17. The molecule has 2 N–H and O–H groups in total. The van der Waals surface area contributed by atoms with Gasteiger partial charge < -0.3 is 15.4 Å². The van der Waals surface area contributed by atoms with Crippen LogP contribution < -0.4 is 15.4 Å². The molecule has 1 atom stereocenters. The van der Waals surface area contributed by atoms with Gasteiger partial charge in [0, 0.05) is 12.2 Å². The van der Waals surface area contributed by atoms with E-state index in [2.05, 4.69) is 20.6 Å². The first kappa shape index (κ1) is 19.4. The molecule has 3 aromatic rings. The van der Waals surface area contributed by atoms with Gasteiger partial charge in [-0.2, -0.15) is 0 Å². The zero-order chi connectivity index (χ0) is 19.9.